The predicted molar refractivity (Wildman–Crippen MR) is 240 cm³/mol. The van der Waals surface area contributed by atoms with E-state index in [-0.39, 0.29) is 17.0 Å². The molecule has 4 atom stereocenters. The Labute approximate surface area is 349 Å². The fraction of sp³-hybridized carbons (Fsp3) is 0.583. The molecule has 310 valence electrons. The van der Waals surface area contributed by atoms with E-state index in [0.717, 1.165) is 35.1 Å². The first kappa shape index (κ1) is 44.1. The Bertz CT molecular complexity index is 1740. The van der Waals surface area contributed by atoms with Crippen LogP contribution in [0.1, 0.15) is 111 Å². The van der Waals surface area contributed by atoms with Crippen LogP contribution in [0.25, 0.3) is 0 Å². The third-order valence-corrected chi connectivity index (χ3v) is 33.3. The first-order valence-corrected chi connectivity index (χ1v) is 32.0. The molecule has 2 fully saturated rings. The molecule has 1 saturated heterocycles. The van der Waals surface area contributed by atoms with Crippen LogP contribution in [0.4, 0.5) is 10.5 Å². The second kappa shape index (κ2) is 18.8. The summed E-state index contributed by atoms with van der Waals surface area (Å²) < 4.78 is 32.4. The Morgan fingerprint density at radius 1 is 0.860 bits per heavy atom. The summed E-state index contributed by atoms with van der Waals surface area (Å²) in [6.07, 6.45) is 9.79. The van der Waals surface area contributed by atoms with E-state index in [2.05, 4.69) is 120 Å². The SMILES string of the molecule is CCC[CH2][Sn]([CH2]CCC)([CH2]CCC)[CH2]/N=C1\CC[C@@]23[C@H](C1)[C@H](OC)O[C@]2(CCO[Si](c1ccccc1)(c1ccccc1)C(C)(C)C)c1ccccc1N3C(=O)OC. The van der Waals surface area contributed by atoms with Crippen LogP contribution in [-0.4, -0.2) is 75.7 Å². The second-order valence-electron chi connectivity index (χ2n) is 18.1. The molecule has 1 amide bonds. The Hall–Kier alpha value is -2.50. The number of amides is 1. The van der Waals surface area contributed by atoms with Gasteiger partial charge in [-0.2, -0.15) is 0 Å². The van der Waals surface area contributed by atoms with Crippen molar-refractivity contribution in [3.8, 4) is 0 Å². The molecule has 3 aromatic carbocycles. The molecule has 0 N–H and O–H groups in total. The number of anilines is 1. The summed E-state index contributed by atoms with van der Waals surface area (Å²) in [5, 5.41) is 2.32. The second-order valence-corrected chi connectivity index (χ2v) is 36.1. The Balaban J connectivity index is 1.41. The van der Waals surface area contributed by atoms with Gasteiger partial charge in [0.1, 0.15) is 0 Å². The van der Waals surface area contributed by atoms with E-state index in [0.29, 0.717) is 13.0 Å². The van der Waals surface area contributed by atoms with Crippen LogP contribution >= 0.6 is 0 Å². The van der Waals surface area contributed by atoms with Crippen molar-refractivity contribution in [3.05, 3.63) is 90.5 Å². The van der Waals surface area contributed by atoms with Crippen LogP contribution in [0.2, 0.25) is 18.3 Å². The van der Waals surface area contributed by atoms with Crippen LogP contribution in [0.15, 0.2) is 89.9 Å². The number of hydrogen-bond donors (Lipinski definition) is 0. The third kappa shape index (κ3) is 8.08. The van der Waals surface area contributed by atoms with Gasteiger partial charge in [-0.05, 0) is 0 Å². The Morgan fingerprint density at radius 2 is 1.42 bits per heavy atom. The predicted octanol–water partition coefficient (Wildman–Crippen LogP) is 10.8. The van der Waals surface area contributed by atoms with Gasteiger partial charge >= 0.3 is 270 Å². The minimum absolute atomic E-state index is 0.124. The van der Waals surface area contributed by atoms with E-state index in [1.165, 1.54) is 75.0 Å². The number of fused-ring (bicyclic) bond motifs is 2. The van der Waals surface area contributed by atoms with E-state index >= 15 is 0 Å². The van der Waals surface area contributed by atoms with Crippen LogP contribution in [0.5, 0.6) is 0 Å². The zero-order valence-electron chi connectivity index (χ0n) is 36.3. The molecule has 3 aromatic rings. The average Bonchev–Trinajstić information content (AvgIpc) is 3.64. The normalized spacial score (nSPS) is 24.0. The topological polar surface area (TPSA) is 69.6 Å². The van der Waals surface area contributed by atoms with Crippen molar-refractivity contribution < 1.29 is 23.4 Å². The fourth-order valence-corrected chi connectivity index (χ4v) is 30.1. The number of aliphatic imine (C=N–C) groups is 1. The van der Waals surface area contributed by atoms with Crippen molar-refractivity contribution in [1.29, 1.82) is 0 Å². The summed E-state index contributed by atoms with van der Waals surface area (Å²) in [6.45, 7) is 14.4. The summed E-state index contributed by atoms with van der Waals surface area (Å²) >= 11 is -2.52. The summed E-state index contributed by atoms with van der Waals surface area (Å²) in [5.41, 5.74) is 1.56. The number of ether oxygens (including phenoxy) is 3. The number of rotatable bonds is 18. The summed E-state index contributed by atoms with van der Waals surface area (Å²) in [6, 6.07) is 30.0. The first-order chi connectivity index (χ1) is 27.5. The first-order valence-electron chi connectivity index (χ1n) is 22.0. The maximum absolute atomic E-state index is 14.2. The van der Waals surface area contributed by atoms with Crippen molar-refractivity contribution in [3.63, 3.8) is 0 Å². The number of carbonyl (C=O) groups excluding carboxylic acids is 1. The van der Waals surface area contributed by atoms with E-state index in [9.17, 15) is 4.79 Å². The van der Waals surface area contributed by atoms with Gasteiger partial charge in [0.2, 0.25) is 0 Å². The molecule has 0 unspecified atom stereocenters. The molecule has 3 aliphatic rings. The number of hydrogen-bond acceptors (Lipinski definition) is 6. The summed E-state index contributed by atoms with van der Waals surface area (Å²) in [5.74, 6) is -0.124. The molecule has 6 rings (SSSR count). The van der Waals surface area contributed by atoms with Gasteiger partial charge in [-0.1, -0.05) is 81.4 Å². The van der Waals surface area contributed by atoms with E-state index in [1.807, 2.05) is 11.0 Å². The number of methoxy groups -OCH3 is 2. The molecule has 1 saturated carbocycles. The molecule has 0 aromatic heterocycles. The summed E-state index contributed by atoms with van der Waals surface area (Å²) in [7, 11) is 0.403. The number of nitrogens with zero attached hydrogens (tertiary/aromatic N) is 2. The van der Waals surface area contributed by atoms with Crippen LogP contribution in [0, 0.1) is 5.92 Å². The van der Waals surface area contributed by atoms with Crippen molar-refractivity contribution in [2.45, 2.75) is 142 Å². The molecular formula is C48H70N2O5SiSn. The molecule has 9 heteroatoms. The van der Waals surface area contributed by atoms with Crippen molar-refractivity contribution in [2.24, 2.45) is 10.9 Å². The molecule has 1 spiro atoms. The third-order valence-electron chi connectivity index (χ3n) is 13.8. The molecule has 2 heterocycles. The van der Waals surface area contributed by atoms with Crippen LogP contribution in [0.3, 0.4) is 0 Å². The fourth-order valence-electron chi connectivity index (χ4n) is 11.0. The Morgan fingerprint density at radius 3 is 1.95 bits per heavy atom. The average molecular weight is 902 g/mol. The van der Waals surface area contributed by atoms with Gasteiger partial charge in [-0.25, -0.2) is 0 Å². The van der Waals surface area contributed by atoms with E-state index in [4.69, 9.17) is 23.6 Å². The summed E-state index contributed by atoms with van der Waals surface area (Å²) in [4.78, 5) is 21.8. The maximum atomic E-state index is 14.2. The van der Waals surface area contributed by atoms with Gasteiger partial charge < -0.3 is 0 Å². The van der Waals surface area contributed by atoms with Crippen molar-refractivity contribution in [2.75, 3.05) is 30.3 Å². The van der Waals surface area contributed by atoms with Crippen LogP contribution < -0.4 is 15.3 Å². The number of para-hydroxylation sites is 1. The monoisotopic (exact) mass is 902 g/mol. The number of unbranched alkanes of at least 4 members (excludes halogenated alkanes) is 3. The van der Waals surface area contributed by atoms with Gasteiger partial charge in [-0.3, -0.25) is 0 Å². The quantitative estimate of drug-likeness (QED) is 0.119. The van der Waals surface area contributed by atoms with Crippen molar-refractivity contribution in [1.82, 2.24) is 0 Å². The van der Waals surface area contributed by atoms with Gasteiger partial charge in [0, 0.05) is 0 Å². The molecular weight excluding hydrogens is 831 g/mol. The van der Waals surface area contributed by atoms with Crippen LogP contribution in [-0.2, 0) is 24.2 Å². The molecule has 1 aliphatic carbocycles. The minimum atomic E-state index is -2.85. The zero-order valence-corrected chi connectivity index (χ0v) is 40.1. The standard InChI is InChI=1S/C36H43N2O5Si.3C4H9.Sn/c1-34(2,3)44(27-15-9-7-10-16-27,28-17-11-8-12-18-28)42-24-23-36-29-19-13-14-20-31(29)38(33(39)41-6)35(36)22-21-26(37-4)25-30(35)32(40-5)43-36;3*1-3-4-2;/h7-20,30,32H,4,21-25H2,1-3,5-6H3;3*1,3-4H2,2H3;/b37-26+;;;;/t30-,32-,35-,36-;;;;/m1..../s1. The van der Waals surface area contributed by atoms with Gasteiger partial charge in [0.25, 0.3) is 0 Å². The van der Waals surface area contributed by atoms with Crippen molar-refractivity contribution >= 4 is 54.6 Å². The van der Waals surface area contributed by atoms with Gasteiger partial charge in [-0.15, -0.1) is 0 Å². The van der Waals surface area contributed by atoms with E-state index < -0.39 is 44.1 Å². The molecule has 0 radical (unpaired) electrons. The van der Waals surface area contributed by atoms with Gasteiger partial charge in [0.05, 0.1) is 0 Å². The molecule has 2 aliphatic heterocycles. The molecule has 57 heavy (non-hydrogen) atoms. The number of carbonyl (C=O) groups is 1. The van der Waals surface area contributed by atoms with Gasteiger partial charge in [0.15, 0.2) is 0 Å². The molecule has 7 nitrogen and oxygen atoms in total. The number of benzene rings is 3. The molecule has 0 bridgehead atoms. The zero-order chi connectivity index (χ0) is 40.7. The Kier molecular flexibility index (Phi) is 14.6. The van der Waals surface area contributed by atoms with E-state index in [1.54, 1.807) is 7.11 Å².